The molecule has 1 atom stereocenters. The third kappa shape index (κ3) is 3.86. The van der Waals surface area contributed by atoms with Crippen LogP contribution in [0.2, 0.25) is 0 Å². The number of rotatable bonds is 7. The third-order valence-corrected chi connectivity index (χ3v) is 7.15. The lowest BCUT2D eigenvalue weighted by Crippen LogP contribution is -2.27. The molecule has 0 radical (unpaired) electrons. The number of carbonyl (C=O) groups is 1. The van der Waals surface area contributed by atoms with Crippen molar-refractivity contribution in [3.63, 3.8) is 0 Å². The fraction of sp³-hybridized carbons (Fsp3) is 0.381. The minimum atomic E-state index is -0.307. The van der Waals surface area contributed by atoms with Crippen LogP contribution in [0, 0.1) is 0 Å². The van der Waals surface area contributed by atoms with Gasteiger partial charge in [0.1, 0.15) is 4.70 Å². The second kappa shape index (κ2) is 8.09. The van der Waals surface area contributed by atoms with Crippen LogP contribution in [-0.2, 0) is 11.2 Å². The normalized spacial score (nSPS) is 14.9. The summed E-state index contributed by atoms with van der Waals surface area (Å²) in [5, 5.41) is 5.25. The number of fused-ring (bicyclic) bond motifs is 1. The van der Waals surface area contributed by atoms with Crippen LogP contribution in [0.3, 0.4) is 0 Å². The van der Waals surface area contributed by atoms with Crippen molar-refractivity contribution in [3.8, 4) is 0 Å². The SMILES string of the molecule is CCc1ccc(NC(=O)[C@@H](CC)Sc2nc3ccsc3c(=O)n2C2CC2)cc1. The van der Waals surface area contributed by atoms with Crippen LogP contribution in [0.5, 0.6) is 0 Å². The fourth-order valence-corrected chi connectivity index (χ4v) is 4.99. The molecule has 0 unspecified atom stereocenters. The maximum Gasteiger partial charge on any atom is 0.272 e. The summed E-state index contributed by atoms with van der Waals surface area (Å²) in [6.07, 6.45) is 3.63. The standard InChI is InChI=1S/C21H23N3O2S2/c1-3-13-5-7-14(8-6-13)22-19(25)17(4-2)28-21-23-16-11-12-27-18(16)20(26)24(21)15-9-10-15/h5-8,11-12,15,17H,3-4,9-10H2,1-2H3,(H,22,25)/t17-/m1/s1. The Morgan fingerprint density at radius 1 is 1.29 bits per heavy atom. The van der Waals surface area contributed by atoms with Crippen LogP contribution in [0.15, 0.2) is 45.7 Å². The predicted octanol–water partition coefficient (Wildman–Crippen LogP) is 4.86. The van der Waals surface area contributed by atoms with Gasteiger partial charge in [-0.1, -0.05) is 37.7 Å². The summed E-state index contributed by atoms with van der Waals surface area (Å²) >= 11 is 2.83. The average Bonchev–Trinajstić information content (AvgIpc) is 3.42. The molecule has 5 nitrogen and oxygen atoms in total. The molecule has 0 spiro atoms. The molecule has 28 heavy (non-hydrogen) atoms. The average molecular weight is 414 g/mol. The molecular weight excluding hydrogens is 390 g/mol. The van der Waals surface area contributed by atoms with E-state index in [9.17, 15) is 9.59 Å². The molecule has 1 aliphatic carbocycles. The zero-order valence-corrected chi connectivity index (χ0v) is 17.6. The molecule has 0 bridgehead atoms. The van der Waals surface area contributed by atoms with E-state index in [1.54, 1.807) is 4.57 Å². The molecule has 1 aromatic carbocycles. The second-order valence-corrected chi connectivity index (χ2v) is 9.08. The molecule has 1 amide bonds. The van der Waals surface area contributed by atoms with E-state index in [0.29, 0.717) is 16.3 Å². The number of aryl methyl sites for hydroxylation is 1. The Kier molecular flexibility index (Phi) is 5.55. The highest BCUT2D eigenvalue weighted by molar-refractivity contribution is 8.00. The number of aromatic nitrogens is 2. The Hall–Kier alpha value is -2.12. The molecule has 1 saturated carbocycles. The number of nitrogens with one attached hydrogen (secondary N) is 1. The molecule has 2 heterocycles. The number of benzene rings is 1. The number of nitrogens with zero attached hydrogens (tertiary/aromatic N) is 2. The number of carbonyl (C=O) groups excluding carboxylic acids is 1. The van der Waals surface area contributed by atoms with Gasteiger partial charge in [0, 0.05) is 11.7 Å². The lowest BCUT2D eigenvalue weighted by Gasteiger charge is -2.17. The van der Waals surface area contributed by atoms with E-state index in [1.165, 1.54) is 28.7 Å². The first-order chi connectivity index (χ1) is 13.6. The topological polar surface area (TPSA) is 64.0 Å². The van der Waals surface area contributed by atoms with Gasteiger partial charge in [-0.05, 0) is 54.8 Å². The number of anilines is 1. The van der Waals surface area contributed by atoms with Crippen molar-refractivity contribution >= 4 is 44.9 Å². The summed E-state index contributed by atoms with van der Waals surface area (Å²) in [4.78, 5) is 30.5. The molecule has 0 saturated heterocycles. The quantitative estimate of drug-likeness (QED) is 0.444. The van der Waals surface area contributed by atoms with Gasteiger partial charge in [-0.15, -0.1) is 11.3 Å². The fourth-order valence-electron chi connectivity index (χ4n) is 3.14. The minimum Gasteiger partial charge on any atom is -0.325 e. The summed E-state index contributed by atoms with van der Waals surface area (Å²) in [5.41, 5.74) is 2.78. The molecular formula is C21H23N3O2S2. The van der Waals surface area contributed by atoms with E-state index in [2.05, 4.69) is 12.2 Å². The summed E-state index contributed by atoms with van der Waals surface area (Å²) in [5.74, 6) is -0.0567. The third-order valence-electron chi connectivity index (χ3n) is 4.93. The van der Waals surface area contributed by atoms with Crippen molar-refractivity contribution < 1.29 is 4.79 Å². The van der Waals surface area contributed by atoms with Crippen molar-refractivity contribution in [2.45, 2.75) is 56.0 Å². The van der Waals surface area contributed by atoms with E-state index >= 15 is 0 Å². The lowest BCUT2D eigenvalue weighted by molar-refractivity contribution is -0.115. The maximum absolute atomic E-state index is 12.9. The maximum atomic E-state index is 12.9. The molecule has 2 aromatic heterocycles. The highest BCUT2D eigenvalue weighted by atomic mass is 32.2. The molecule has 4 rings (SSSR count). The van der Waals surface area contributed by atoms with Gasteiger partial charge in [0.2, 0.25) is 5.91 Å². The first kappa shape index (κ1) is 19.2. The molecule has 1 fully saturated rings. The number of thiophene rings is 1. The van der Waals surface area contributed by atoms with Gasteiger partial charge in [-0.3, -0.25) is 14.2 Å². The highest BCUT2D eigenvalue weighted by Gasteiger charge is 2.31. The zero-order chi connectivity index (χ0) is 19.7. The highest BCUT2D eigenvalue weighted by Crippen LogP contribution is 2.38. The number of amides is 1. The van der Waals surface area contributed by atoms with Gasteiger partial charge >= 0.3 is 0 Å². The van der Waals surface area contributed by atoms with Crippen LogP contribution in [0.1, 0.15) is 44.7 Å². The van der Waals surface area contributed by atoms with Crippen molar-refractivity contribution in [2.75, 3.05) is 5.32 Å². The molecule has 1 N–H and O–H groups in total. The number of hydrogen-bond donors (Lipinski definition) is 1. The Bertz CT molecular complexity index is 1050. The van der Waals surface area contributed by atoms with E-state index in [1.807, 2.05) is 42.6 Å². The first-order valence-corrected chi connectivity index (χ1v) is 11.4. The van der Waals surface area contributed by atoms with Crippen molar-refractivity contribution in [1.29, 1.82) is 0 Å². The number of thioether (sulfide) groups is 1. The Labute approximate surface area is 172 Å². The van der Waals surface area contributed by atoms with Crippen LogP contribution >= 0.6 is 23.1 Å². The monoisotopic (exact) mass is 413 g/mol. The Balaban J connectivity index is 1.58. The van der Waals surface area contributed by atoms with Gasteiger partial charge in [-0.25, -0.2) is 4.98 Å². The van der Waals surface area contributed by atoms with E-state index in [0.717, 1.165) is 30.5 Å². The van der Waals surface area contributed by atoms with Gasteiger partial charge in [0.25, 0.3) is 5.56 Å². The largest absolute Gasteiger partial charge is 0.325 e. The zero-order valence-electron chi connectivity index (χ0n) is 16.0. The van der Waals surface area contributed by atoms with E-state index in [4.69, 9.17) is 4.98 Å². The molecule has 0 aliphatic heterocycles. The van der Waals surface area contributed by atoms with Gasteiger partial charge in [0.15, 0.2) is 5.16 Å². The van der Waals surface area contributed by atoms with E-state index in [-0.39, 0.29) is 22.8 Å². The van der Waals surface area contributed by atoms with Gasteiger partial charge in [0.05, 0.1) is 10.8 Å². The van der Waals surface area contributed by atoms with Crippen LogP contribution in [0.4, 0.5) is 5.69 Å². The predicted molar refractivity (Wildman–Crippen MR) is 117 cm³/mol. The molecule has 1 aliphatic rings. The minimum absolute atomic E-state index is 0.0235. The van der Waals surface area contributed by atoms with Gasteiger partial charge < -0.3 is 5.32 Å². The lowest BCUT2D eigenvalue weighted by atomic mass is 10.1. The van der Waals surface area contributed by atoms with Crippen LogP contribution in [-0.4, -0.2) is 20.7 Å². The molecule has 3 aromatic rings. The Morgan fingerprint density at radius 2 is 2.04 bits per heavy atom. The van der Waals surface area contributed by atoms with Crippen molar-refractivity contribution in [1.82, 2.24) is 9.55 Å². The molecule has 146 valence electrons. The van der Waals surface area contributed by atoms with Crippen molar-refractivity contribution in [3.05, 3.63) is 51.6 Å². The summed E-state index contributed by atoms with van der Waals surface area (Å²) in [6.45, 7) is 4.09. The smallest absolute Gasteiger partial charge is 0.272 e. The summed E-state index contributed by atoms with van der Waals surface area (Å²) < 4.78 is 2.50. The summed E-state index contributed by atoms with van der Waals surface area (Å²) in [6, 6.07) is 10.0. The van der Waals surface area contributed by atoms with Crippen LogP contribution < -0.4 is 10.9 Å². The van der Waals surface area contributed by atoms with Crippen molar-refractivity contribution in [2.24, 2.45) is 0 Å². The van der Waals surface area contributed by atoms with Gasteiger partial charge in [-0.2, -0.15) is 0 Å². The first-order valence-electron chi connectivity index (χ1n) is 9.67. The van der Waals surface area contributed by atoms with Crippen LogP contribution in [0.25, 0.3) is 10.2 Å². The van der Waals surface area contributed by atoms with E-state index < -0.39 is 0 Å². The molecule has 7 heteroatoms. The summed E-state index contributed by atoms with van der Waals surface area (Å²) in [7, 11) is 0. The number of hydrogen-bond acceptors (Lipinski definition) is 5. The second-order valence-electron chi connectivity index (χ2n) is 6.99. The Morgan fingerprint density at radius 3 is 2.68 bits per heavy atom.